The average Bonchev–Trinajstić information content (AvgIpc) is 2.83. The van der Waals surface area contributed by atoms with Crippen molar-refractivity contribution in [1.82, 2.24) is 4.90 Å². The molecule has 1 amide bonds. The van der Waals surface area contributed by atoms with E-state index < -0.39 is 0 Å². The number of aryl methyl sites for hydroxylation is 1. The van der Waals surface area contributed by atoms with Gasteiger partial charge in [-0.2, -0.15) is 0 Å². The van der Waals surface area contributed by atoms with Gasteiger partial charge in [-0.15, -0.1) is 0 Å². The van der Waals surface area contributed by atoms with Crippen molar-refractivity contribution in [3.05, 3.63) is 99.6 Å². The summed E-state index contributed by atoms with van der Waals surface area (Å²) in [6, 6.07) is 22.6. The first-order valence-electron chi connectivity index (χ1n) is 10.7. The van der Waals surface area contributed by atoms with Crippen molar-refractivity contribution in [3.8, 4) is 0 Å². The van der Waals surface area contributed by atoms with Gasteiger partial charge in [-0.1, -0.05) is 48.5 Å². The molecule has 0 radical (unpaired) electrons. The monoisotopic (exact) mass is 430 g/mol. The summed E-state index contributed by atoms with van der Waals surface area (Å²) in [6.07, 6.45) is 0. The maximum atomic E-state index is 12.9. The molecule has 1 saturated heterocycles. The lowest BCUT2D eigenvalue weighted by atomic mass is 10.1. The van der Waals surface area contributed by atoms with Crippen molar-refractivity contribution in [2.24, 2.45) is 0 Å². The van der Waals surface area contributed by atoms with E-state index in [1.807, 2.05) is 72.5 Å². The third-order valence-electron chi connectivity index (χ3n) is 5.81. The zero-order valence-electron chi connectivity index (χ0n) is 18.0. The molecule has 32 heavy (non-hydrogen) atoms. The fraction of sp³-hybridized carbons (Fsp3) is 0.240. The predicted octanol–water partition coefficient (Wildman–Crippen LogP) is 4.48. The molecule has 1 aliphatic rings. The molecule has 1 heterocycles. The van der Waals surface area contributed by atoms with Gasteiger partial charge in [0.15, 0.2) is 0 Å². The van der Waals surface area contributed by atoms with Crippen LogP contribution in [0.15, 0.2) is 72.8 Å². The van der Waals surface area contributed by atoms with Crippen molar-refractivity contribution in [1.29, 1.82) is 0 Å². The van der Waals surface area contributed by atoms with Crippen molar-refractivity contribution in [3.63, 3.8) is 0 Å². The lowest BCUT2D eigenvalue weighted by Crippen LogP contribution is -2.49. The molecule has 0 atom stereocenters. The van der Waals surface area contributed by atoms with Crippen molar-refractivity contribution in [2.75, 3.05) is 36.4 Å². The second-order valence-electron chi connectivity index (χ2n) is 7.89. The van der Waals surface area contributed by atoms with Gasteiger partial charge < -0.3 is 15.1 Å². The van der Waals surface area contributed by atoms with Gasteiger partial charge in [0.25, 0.3) is 11.6 Å². The fourth-order valence-electron chi connectivity index (χ4n) is 3.97. The van der Waals surface area contributed by atoms with Crippen LogP contribution in [0.1, 0.15) is 21.5 Å². The van der Waals surface area contributed by atoms with E-state index in [0.29, 0.717) is 38.4 Å². The van der Waals surface area contributed by atoms with Crippen molar-refractivity contribution < 1.29 is 9.72 Å². The van der Waals surface area contributed by atoms with Gasteiger partial charge in [0.05, 0.1) is 4.92 Å². The van der Waals surface area contributed by atoms with Crippen LogP contribution in [0.2, 0.25) is 0 Å². The molecule has 1 aliphatic heterocycles. The van der Waals surface area contributed by atoms with E-state index >= 15 is 0 Å². The summed E-state index contributed by atoms with van der Waals surface area (Å²) >= 11 is 0. The minimum atomic E-state index is -0.365. The lowest BCUT2D eigenvalue weighted by molar-refractivity contribution is -0.384. The first-order chi connectivity index (χ1) is 15.5. The Morgan fingerprint density at radius 1 is 0.969 bits per heavy atom. The number of carbonyl (C=O) groups excluding carboxylic acids is 1. The Hall–Kier alpha value is -3.87. The van der Waals surface area contributed by atoms with Gasteiger partial charge in [-0.25, -0.2) is 0 Å². The number of nitro groups is 1. The van der Waals surface area contributed by atoms with Gasteiger partial charge in [0.1, 0.15) is 5.69 Å². The fourth-order valence-corrected chi connectivity index (χ4v) is 3.97. The van der Waals surface area contributed by atoms with Crippen molar-refractivity contribution in [2.45, 2.75) is 13.5 Å². The third-order valence-corrected chi connectivity index (χ3v) is 5.81. The molecule has 1 fully saturated rings. The molecule has 7 nitrogen and oxygen atoms in total. The van der Waals surface area contributed by atoms with E-state index in [0.717, 1.165) is 22.4 Å². The minimum absolute atomic E-state index is 0.0525. The van der Waals surface area contributed by atoms with E-state index in [1.165, 1.54) is 0 Å². The summed E-state index contributed by atoms with van der Waals surface area (Å²) in [7, 11) is 0. The highest BCUT2D eigenvalue weighted by atomic mass is 16.6. The van der Waals surface area contributed by atoms with E-state index in [1.54, 1.807) is 12.1 Å². The third kappa shape index (κ3) is 4.72. The Morgan fingerprint density at radius 2 is 1.66 bits per heavy atom. The molecule has 0 aliphatic carbocycles. The highest BCUT2D eigenvalue weighted by Gasteiger charge is 2.24. The summed E-state index contributed by atoms with van der Waals surface area (Å²) in [6.45, 7) is 5.02. The summed E-state index contributed by atoms with van der Waals surface area (Å²) in [5.41, 5.74) is 4.23. The zero-order valence-corrected chi connectivity index (χ0v) is 18.0. The number of rotatable bonds is 6. The smallest absolute Gasteiger partial charge is 0.292 e. The van der Waals surface area contributed by atoms with Gasteiger partial charge in [0.2, 0.25) is 0 Å². The standard InChI is InChI=1S/C25H26N4O3/c1-19-7-5-6-10-22(19)25(30)28-15-13-27(14-16-28)21-11-12-24(29(31)32)23(17-21)26-18-20-8-3-2-4-9-20/h2-12,17,26H,13-16,18H2,1H3. The Balaban J connectivity index is 1.45. The van der Waals surface area contributed by atoms with Crippen LogP contribution in [0, 0.1) is 17.0 Å². The molecule has 0 unspecified atom stereocenters. The Labute approximate surface area is 187 Å². The molecule has 7 heteroatoms. The summed E-state index contributed by atoms with van der Waals surface area (Å²) in [4.78, 5) is 28.1. The van der Waals surface area contributed by atoms with E-state index in [2.05, 4.69) is 10.2 Å². The number of hydrogen-bond donors (Lipinski definition) is 1. The molecule has 3 aromatic carbocycles. The Kier molecular flexibility index (Phi) is 6.35. The molecule has 164 valence electrons. The number of nitro benzene ring substituents is 1. The van der Waals surface area contributed by atoms with Crippen LogP contribution in [-0.2, 0) is 6.54 Å². The molecule has 4 rings (SSSR count). The molecule has 0 saturated carbocycles. The van der Waals surface area contributed by atoms with Crippen LogP contribution in [0.3, 0.4) is 0 Å². The second-order valence-corrected chi connectivity index (χ2v) is 7.89. The topological polar surface area (TPSA) is 78.7 Å². The minimum Gasteiger partial charge on any atom is -0.375 e. The van der Waals surface area contributed by atoms with Gasteiger partial charge >= 0.3 is 0 Å². The molecule has 0 aromatic heterocycles. The number of nitrogens with one attached hydrogen (secondary N) is 1. The number of piperazine rings is 1. The first kappa shape index (κ1) is 21.4. The maximum absolute atomic E-state index is 12.9. The quantitative estimate of drug-likeness (QED) is 0.461. The molecule has 0 bridgehead atoms. The summed E-state index contributed by atoms with van der Waals surface area (Å²) < 4.78 is 0. The maximum Gasteiger partial charge on any atom is 0.292 e. The normalized spacial score (nSPS) is 13.7. The van der Waals surface area contributed by atoms with E-state index in [9.17, 15) is 14.9 Å². The SMILES string of the molecule is Cc1ccccc1C(=O)N1CCN(c2ccc([N+](=O)[O-])c(NCc3ccccc3)c2)CC1. The zero-order chi connectivity index (χ0) is 22.5. The molecule has 0 spiro atoms. The van der Waals surface area contributed by atoms with Gasteiger partial charge in [-0.05, 0) is 36.2 Å². The van der Waals surface area contributed by atoms with Crippen LogP contribution < -0.4 is 10.2 Å². The number of amides is 1. The Bertz CT molecular complexity index is 1110. The highest BCUT2D eigenvalue weighted by Crippen LogP contribution is 2.30. The Morgan fingerprint density at radius 3 is 2.34 bits per heavy atom. The van der Waals surface area contributed by atoms with Crippen LogP contribution in [-0.4, -0.2) is 41.9 Å². The summed E-state index contributed by atoms with van der Waals surface area (Å²) in [5, 5.41) is 14.7. The number of anilines is 2. The molecular formula is C25H26N4O3. The van der Waals surface area contributed by atoms with Crippen LogP contribution >= 0.6 is 0 Å². The van der Waals surface area contributed by atoms with Crippen LogP contribution in [0.4, 0.5) is 17.1 Å². The average molecular weight is 431 g/mol. The first-order valence-corrected chi connectivity index (χ1v) is 10.7. The van der Waals surface area contributed by atoms with E-state index in [-0.39, 0.29) is 16.5 Å². The predicted molar refractivity (Wildman–Crippen MR) is 126 cm³/mol. The number of nitrogens with zero attached hydrogens (tertiary/aromatic N) is 3. The lowest BCUT2D eigenvalue weighted by Gasteiger charge is -2.36. The second kappa shape index (κ2) is 9.51. The highest BCUT2D eigenvalue weighted by molar-refractivity contribution is 5.95. The molecule has 1 N–H and O–H groups in total. The number of carbonyl (C=O) groups is 1. The largest absolute Gasteiger partial charge is 0.375 e. The van der Waals surface area contributed by atoms with Gasteiger partial charge in [0, 0.05) is 50.0 Å². The van der Waals surface area contributed by atoms with Crippen LogP contribution in [0.25, 0.3) is 0 Å². The number of hydrogen-bond acceptors (Lipinski definition) is 5. The summed E-state index contributed by atoms with van der Waals surface area (Å²) in [5.74, 6) is 0.0525. The number of benzene rings is 3. The molecule has 3 aromatic rings. The van der Waals surface area contributed by atoms with Crippen molar-refractivity contribution >= 4 is 23.0 Å². The molecular weight excluding hydrogens is 404 g/mol. The van der Waals surface area contributed by atoms with E-state index in [4.69, 9.17) is 0 Å². The van der Waals surface area contributed by atoms with Crippen LogP contribution in [0.5, 0.6) is 0 Å². The van der Waals surface area contributed by atoms with Gasteiger partial charge in [-0.3, -0.25) is 14.9 Å².